The number of carboxylic acid groups (broad SMARTS) is 1. The van der Waals surface area contributed by atoms with Gasteiger partial charge in [-0.2, -0.15) is 0 Å². The average molecular weight is 304 g/mol. The fourth-order valence-corrected chi connectivity index (χ4v) is 2.06. The van der Waals surface area contributed by atoms with Crippen molar-refractivity contribution in [2.24, 2.45) is 0 Å². The fraction of sp³-hybridized carbons (Fsp3) is 0.0952. The summed E-state index contributed by atoms with van der Waals surface area (Å²) in [6.07, 6.45) is 11.9. The first kappa shape index (κ1) is 16.5. The third-order valence-electron chi connectivity index (χ3n) is 3.52. The Bertz CT molecular complexity index is 707. The zero-order valence-corrected chi connectivity index (χ0v) is 13.1. The second kappa shape index (κ2) is 8.54. The predicted octanol–water partition coefficient (Wildman–Crippen LogP) is 5.16. The quantitative estimate of drug-likeness (QED) is 0.749. The summed E-state index contributed by atoms with van der Waals surface area (Å²) >= 11 is 0. The molecule has 2 heteroatoms. The monoisotopic (exact) mass is 304 g/mol. The summed E-state index contributed by atoms with van der Waals surface area (Å²) in [5.41, 5.74) is 3.03. The van der Waals surface area contributed by atoms with Gasteiger partial charge in [0.1, 0.15) is 0 Å². The molecule has 23 heavy (non-hydrogen) atoms. The van der Waals surface area contributed by atoms with Gasteiger partial charge in [-0.1, -0.05) is 91.1 Å². The molecule has 116 valence electrons. The van der Waals surface area contributed by atoms with E-state index in [2.05, 4.69) is 12.1 Å². The zero-order chi connectivity index (χ0) is 16.5. The van der Waals surface area contributed by atoms with Crippen LogP contribution in [0.4, 0.5) is 0 Å². The highest BCUT2D eigenvalue weighted by atomic mass is 16.4. The number of hydrogen-bond acceptors (Lipinski definition) is 1. The third-order valence-corrected chi connectivity index (χ3v) is 3.52. The Morgan fingerprint density at radius 2 is 1.35 bits per heavy atom. The number of rotatable bonds is 6. The van der Waals surface area contributed by atoms with Gasteiger partial charge in [-0.05, 0) is 23.6 Å². The van der Waals surface area contributed by atoms with Gasteiger partial charge in [0.15, 0.2) is 0 Å². The molecule has 0 amide bonds. The summed E-state index contributed by atoms with van der Waals surface area (Å²) in [4.78, 5) is 10.9. The molecule has 1 unspecified atom stereocenters. The molecule has 0 bridgehead atoms. The molecular weight excluding hydrogens is 284 g/mol. The van der Waals surface area contributed by atoms with Gasteiger partial charge in [-0.3, -0.25) is 4.79 Å². The molecule has 2 aromatic rings. The Balaban J connectivity index is 1.89. The maximum Gasteiger partial charge on any atom is 0.310 e. The molecule has 0 heterocycles. The molecule has 0 saturated heterocycles. The molecule has 1 atom stereocenters. The van der Waals surface area contributed by atoms with Crippen LogP contribution in [0.2, 0.25) is 0 Å². The normalized spacial score (nSPS) is 13.1. The number of carboxylic acids is 1. The summed E-state index contributed by atoms with van der Waals surface area (Å²) in [6.45, 7) is 1.69. The first-order valence-electron chi connectivity index (χ1n) is 7.56. The first-order valence-corrected chi connectivity index (χ1v) is 7.56. The predicted molar refractivity (Wildman–Crippen MR) is 96.1 cm³/mol. The lowest BCUT2D eigenvalue weighted by molar-refractivity contribution is -0.138. The van der Waals surface area contributed by atoms with Crippen molar-refractivity contribution in [3.63, 3.8) is 0 Å². The van der Waals surface area contributed by atoms with Crippen molar-refractivity contribution in [3.8, 4) is 0 Å². The maximum atomic E-state index is 10.9. The van der Waals surface area contributed by atoms with Crippen LogP contribution in [0.3, 0.4) is 0 Å². The average Bonchev–Trinajstić information content (AvgIpc) is 2.58. The molecule has 0 spiro atoms. The van der Waals surface area contributed by atoms with Crippen LogP contribution < -0.4 is 0 Å². The standard InChI is InChI=1S/C21H20O2/c1-17(21(22)23)20-15-13-19(14-16-20)12-6-3-2-5-9-18-10-7-4-8-11-18/h2-17H,1H3,(H,22,23)/b3-2+,9-5+,12-6+. The molecule has 0 aromatic heterocycles. The lowest BCUT2D eigenvalue weighted by Crippen LogP contribution is -2.06. The largest absolute Gasteiger partial charge is 0.481 e. The highest BCUT2D eigenvalue weighted by Gasteiger charge is 2.12. The van der Waals surface area contributed by atoms with Crippen molar-refractivity contribution in [1.29, 1.82) is 0 Å². The van der Waals surface area contributed by atoms with Crippen molar-refractivity contribution >= 4 is 18.1 Å². The summed E-state index contributed by atoms with van der Waals surface area (Å²) in [6, 6.07) is 17.7. The van der Waals surface area contributed by atoms with Crippen molar-refractivity contribution < 1.29 is 9.90 Å². The molecule has 1 N–H and O–H groups in total. The van der Waals surface area contributed by atoms with Crippen molar-refractivity contribution in [2.75, 3.05) is 0 Å². The van der Waals surface area contributed by atoms with Crippen LogP contribution in [0.15, 0.2) is 78.9 Å². The molecule has 2 rings (SSSR count). The lowest BCUT2D eigenvalue weighted by Gasteiger charge is -2.06. The van der Waals surface area contributed by atoms with Gasteiger partial charge >= 0.3 is 5.97 Å². The number of aliphatic carboxylic acids is 1. The van der Waals surface area contributed by atoms with Gasteiger partial charge in [-0.15, -0.1) is 0 Å². The number of hydrogen-bond donors (Lipinski definition) is 1. The number of carbonyl (C=O) groups is 1. The minimum atomic E-state index is -0.804. The minimum Gasteiger partial charge on any atom is -0.481 e. The molecule has 0 aliphatic rings. The van der Waals surface area contributed by atoms with Gasteiger partial charge in [0, 0.05) is 0 Å². The minimum absolute atomic E-state index is 0.476. The fourth-order valence-electron chi connectivity index (χ4n) is 2.06. The molecule has 2 nitrogen and oxygen atoms in total. The van der Waals surface area contributed by atoms with Crippen LogP contribution in [0.5, 0.6) is 0 Å². The van der Waals surface area contributed by atoms with E-state index in [0.717, 1.165) is 11.1 Å². The summed E-state index contributed by atoms with van der Waals surface area (Å²) in [5.74, 6) is -1.28. The SMILES string of the molecule is CC(C(=O)O)c1ccc(/C=C/C=C/C=C/c2ccccc2)cc1. The van der Waals surface area contributed by atoms with E-state index in [9.17, 15) is 4.79 Å². The van der Waals surface area contributed by atoms with E-state index in [1.165, 1.54) is 5.56 Å². The summed E-state index contributed by atoms with van der Waals surface area (Å²) in [7, 11) is 0. The lowest BCUT2D eigenvalue weighted by atomic mass is 10.00. The molecule has 0 fully saturated rings. The molecule has 0 saturated carbocycles. The smallest absolute Gasteiger partial charge is 0.310 e. The van der Waals surface area contributed by atoms with E-state index in [4.69, 9.17) is 5.11 Å². The van der Waals surface area contributed by atoms with Crippen LogP contribution in [-0.2, 0) is 4.79 Å². The van der Waals surface area contributed by atoms with Gasteiger partial charge in [0.05, 0.1) is 5.92 Å². The van der Waals surface area contributed by atoms with Crippen LogP contribution >= 0.6 is 0 Å². The van der Waals surface area contributed by atoms with Crippen LogP contribution in [0.1, 0.15) is 29.5 Å². The Morgan fingerprint density at radius 1 is 0.826 bits per heavy atom. The highest BCUT2D eigenvalue weighted by Crippen LogP contribution is 2.16. The zero-order valence-electron chi connectivity index (χ0n) is 13.1. The van der Waals surface area contributed by atoms with Crippen molar-refractivity contribution in [2.45, 2.75) is 12.8 Å². The Hall–Kier alpha value is -2.87. The van der Waals surface area contributed by atoms with Crippen molar-refractivity contribution in [1.82, 2.24) is 0 Å². The van der Waals surface area contributed by atoms with E-state index < -0.39 is 11.9 Å². The van der Waals surface area contributed by atoms with Crippen molar-refractivity contribution in [3.05, 3.63) is 95.6 Å². The van der Waals surface area contributed by atoms with E-state index in [-0.39, 0.29) is 0 Å². The second-order valence-electron chi connectivity index (χ2n) is 5.24. The van der Waals surface area contributed by atoms with Gasteiger partial charge in [0.25, 0.3) is 0 Å². The Labute approximate surface area is 137 Å². The number of allylic oxidation sites excluding steroid dienone is 4. The van der Waals surface area contributed by atoms with E-state index >= 15 is 0 Å². The Morgan fingerprint density at radius 3 is 1.87 bits per heavy atom. The van der Waals surface area contributed by atoms with Gasteiger partial charge in [-0.25, -0.2) is 0 Å². The van der Waals surface area contributed by atoms with E-state index in [1.807, 2.05) is 78.9 Å². The van der Waals surface area contributed by atoms with Crippen LogP contribution in [0.25, 0.3) is 12.2 Å². The molecule has 2 aromatic carbocycles. The third kappa shape index (κ3) is 5.44. The molecular formula is C21H20O2. The van der Waals surface area contributed by atoms with Gasteiger partial charge in [0.2, 0.25) is 0 Å². The highest BCUT2D eigenvalue weighted by molar-refractivity contribution is 5.75. The molecule has 0 aliphatic heterocycles. The second-order valence-corrected chi connectivity index (χ2v) is 5.24. The van der Waals surface area contributed by atoms with Gasteiger partial charge < -0.3 is 5.11 Å². The summed E-state index contributed by atoms with van der Waals surface area (Å²) in [5, 5.41) is 8.98. The molecule has 0 aliphatic carbocycles. The van der Waals surface area contributed by atoms with Crippen LogP contribution in [0, 0.1) is 0 Å². The molecule has 0 radical (unpaired) electrons. The van der Waals surface area contributed by atoms with Crippen LogP contribution in [-0.4, -0.2) is 11.1 Å². The topological polar surface area (TPSA) is 37.3 Å². The summed E-state index contributed by atoms with van der Waals surface area (Å²) < 4.78 is 0. The van der Waals surface area contributed by atoms with E-state index in [1.54, 1.807) is 6.92 Å². The first-order chi connectivity index (χ1) is 11.2. The maximum absolute atomic E-state index is 10.9. The van der Waals surface area contributed by atoms with E-state index in [0.29, 0.717) is 0 Å². The number of benzene rings is 2. The Kier molecular flexibility index (Phi) is 6.13.